The molecule has 12 heteroatoms. The van der Waals surface area contributed by atoms with Gasteiger partial charge in [0.05, 0.1) is 53.3 Å². The number of nitrogens with zero attached hydrogens (tertiary/aromatic N) is 2. The Morgan fingerprint density at radius 3 is 2.29 bits per heavy atom. The molecule has 0 spiro atoms. The van der Waals surface area contributed by atoms with Gasteiger partial charge in [0.2, 0.25) is 10.0 Å². The molecule has 182 valence electrons. The molecule has 0 bridgehead atoms. The number of ether oxygens (including phenoxy) is 3. The van der Waals surface area contributed by atoms with E-state index < -0.39 is 15.9 Å². The van der Waals surface area contributed by atoms with Crippen LogP contribution in [0.5, 0.6) is 11.5 Å². The van der Waals surface area contributed by atoms with Crippen molar-refractivity contribution in [1.82, 2.24) is 4.31 Å². The lowest BCUT2D eigenvalue weighted by Crippen LogP contribution is -2.40. The maximum Gasteiger partial charge on any atom is 0.257 e. The van der Waals surface area contributed by atoms with Gasteiger partial charge in [0, 0.05) is 25.2 Å². The van der Waals surface area contributed by atoms with Gasteiger partial charge < -0.3 is 19.5 Å². The summed E-state index contributed by atoms with van der Waals surface area (Å²) in [5, 5.41) is 12.0. The van der Waals surface area contributed by atoms with E-state index in [1.807, 2.05) is 6.07 Å². The van der Waals surface area contributed by atoms with E-state index in [0.29, 0.717) is 24.7 Å². The van der Waals surface area contributed by atoms with Crippen molar-refractivity contribution in [2.24, 2.45) is 0 Å². The number of amides is 1. The Labute approximate surface area is 208 Å². The van der Waals surface area contributed by atoms with Crippen molar-refractivity contribution in [3.8, 4) is 17.6 Å². The van der Waals surface area contributed by atoms with Crippen molar-refractivity contribution in [2.45, 2.75) is 18.7 Å². The van der Waals surface area contributed by atoms with Gasteiger partial charge in [-0.1, -0.05) is 23.2 Å². The Bertz CT molecular complexity index is 1220. The highest BCUT2D eigenvalue weighted by molar-refractivity contribution is 7.89. The lowest BCUT2D eigenvalue weighted by atomic mass is 10.1. The fourth-order valence-electron chi connectivity index (χ4n) is 3.31. The number of nitriles is 1. The predicted octanol–water partition coefficient (Wildman–Crippen LogP) is 3.94. The summed E-state index contributed by atoms with van der Waals surface area (Å²) < 4.78 is 43.7. The van der Waals surface area contributed by atoms with Gasteiger partial charge in [-0.15, -0.1) is 0 Å². The number of sulfonamides is 1. The zero-order chi connectivity index (χ0) is 24.9. The number of nitrogens with one attached hydrogen (secondary N) is 1. The van der Waals surface area contributed by atoms with E-state index in [2.05, 4.69) is 5.32 Å². The van der Waals surface area contributed by atoms with Crippen molar-refractivity contribution in [3.63, 3.8) is 0 Å². The average molecular weight is 528 g/mol. The largest absolute Gasteiger partial charge is 0.490 e. The van der Waals surface area contributed by atoms with Gasteiger partial charge in [-0.25, -0.2) is 8.42 Å². The molecule has 34 heavy (non-hydrogen) atoms. The minimum absolute atomic E-state index is 0.0436. The molecule has 2 aromatic carbocycles. The van der Waals surface area contributed by atoms with Gasteiger partial charge in [0.1, 0.15) is 11.0 Å². The Hall–Kier alpha value is -2.55. The van der Waals surface area contributed by atoms with E-state index in [-0.39, 0.29) is 58.1 Å². The van der Waals surface area contributed by atoms with Crippen LogP contribution >= 0.6 is 23.2 Å². The van der Waals surface area contributed by atoms with Crippen LogP contribution in [0.1, 0.15) is 29.8 Å². The third kappa shape index (κ3) is 5.56. The number of halogens is 2. The van der Waals surface area contributed by atoms with Gasteiger partial charge in [-0.2, -0.15) is 9.57 Å². The van der Waals surface area contributed by atoms with Crippen molar-refractivity contribution in [1.29, 1.82) is 5.26 Å². The quantitative estimate of drug-likeness (QED) is 0.552. The monoisotopic (exact) mass is 527 g/mol. The molecule has 3 rings (SSSR count). The van der Waals surface area contributed by atoms with Crippen LogP contribution in [-0.2, 0) is 14.8 Å². The highest BCUT2D eigenvalue weighted by Gasteiger charge is 2.30. The predicted molar refractivity (Wildman–Crippen MR) is 127 cm³/mol. The van der Waals surface area contributed by atoms with Gasteiger partial charge in [0.25, 0.3) is 5.91 Å². The molecule has 0 atom stereocenters. The second-order valence-electron chi connectivity index (χ2n) is 7.06. The van der Waals surface area contributed by atoms with Crippen molar-refractivity contribution in [2.75, 3.05) is 44.8 Å². The summed E-state index contributed by atoms with van der Waals surface area (Å²) >= 11 is 12.4. The number of hydrogen-bond donors (Lipinski definition) is 1. The van der Waals surface area contributed by atoms with Crippen LogP contribution in [0, 0.1) is 11.3 Å². The SMILES string of the molecule is CCOc1cc(C#N)c(NC(=O)c2cc(S(=O)(=O)N3CCOCC3)c(Cl)cc2Cl)cc1OCC. The molecular formula is C22H23Cl2N3O6S. The third-order valence-corrected chi connectivity index (χ3v) is 7.58. The number of carbonyl (C=O) groups excluding carboxylic acids is 1. The lowest BCUT2D eigenvalue weighted by Gasteiger charge is -2.26. The molecule has 0 aliphatic carbocycles. The van der Waals surface area contributed by atoms with Crippen molar-refractivity contribution in [3.05, 3.63) is 45.4 Å². The Balaban J connectivity index is 1.99. The van der Waals surface area contributed by atoms with Crippen LogP contribution in [0.4, 0.5) is 5.69 Å². The lowest BCUT2D eigenvalue weighted by molar-refractivity contribution is 0.0730. The Kier molecular flexibility index (Phi) is 8.62. The molecule has 1 aliphatic rings. The van der Waals surface area contributed by atoms with Gasteiger partial charge >= 0.3 is 0 Å². The zero-order valence-corrected chi connectivity index (χ0v) is 20.9. The number of rotatable bonds is 8. The minimum Gasteiger partial charge on any atom is -0.490 e. The summed E-state index contributed by atoms with van der Waals surface area (Å²) in [5.74, 6) is -0.0121. The van der Waals surface area contributed by atoms with Crippen LogP contribution in [0.25, 0.3) is 0 Å². The van der Waals surface area contributed by atoms with Crippen LogP contribution in [0.3, 0.4) is 0 Å². The molecule has 0 aromatic heterocycles. The standard InChI is InChI=1S/C22H23Cl2N3O6S/c1-3-32-19-9-14(13-25)18(12-20(19)33-4-2)26-22(28)15-10-21(17(24)11-16(15)23)34(29,30)27-5-7-31-8-6-27/h9-12H,3-8H2,1-2H3,(H,26,28). The minimum atomic E-state index is -3.98. The fourth-order valence-corrected chi connectivity index (χ4v) is 5.55. The number of morpholine rings is 1. The fraction of sp³-hybridized carbons (Fsp3) is 0.364. The van der Waals surface area contributed by atoms with E-state index in [4.69, 9.17) is 37.4 Å². The second kappa shape index (κ2) is 11.3. The average Bonchev–Trinajstić information content (AvgIpc) is 2.81. The molecule has 0 unspecified atom stereocenters. The molecular weight excluding hydrogens is 505 g/mol. The maximum absolute atomic E-state index is 13.1. The number of anilines is 1. The highest BCUT2D eigenvalue weighted by atomic mass is 35.5. The molecule has 0 radical (unpaired) electrons. The van der Waals surface area contributed by atoms with E-state index in [1.165, 1.54) is 22.5 Å². The first kappa shape index (κ1) is 26.1. The molecule has 1 heterocycles. The van der Waals surface area contributed by atoms with E-state index >= 15 is 0 Å². The second-order valence-corrected chi connectivity index (χ2v) is 9.78. The smallest absolute Gasteiger partial charge is 0.257 e. The van der Waals surface area contributed by atoms with Crippen LogP contribution < -0.4 is 14.8 Å². The normalized spacial score (nSPS) is 14.3. The first-order valence-corrected chi connectivity index (χ1v) is 12.6. The maximum atomic E-state index is 13.1. The molecule has 1 aliphatic heterocycles. The molecule has 1 saturated heterocycles. The molecule has 0 saturated carbocycles. The topological polar surface area (TPSA) is 118 Å². The Morgan fingerprint density at radius 2 is 1.71 bits per heavy atom. The summed E-state index contributed by atoms with van der Waals surface area (Å²) in [5.41, 5.74) is 0.170. The van der Waals surface area contributed by atoms with Crippen LogP contribution in [0.2, 0.25) is 10.0 Å². The molecule has 2 aromatic rings. The summed E-state index contributed by atoms with van der Waals surface area (Å²) in [7, 11) is -3.98. The van der Waals surface area contributed by atoms with E-state index in [1.54, 1.807) is 13.8 Å². The first-order valence-electron chi connectivity index (χ1n) is 10.4. The third-order valence-electron chi connectivity index (χ3n) is 4.91. The number of hydrogen-bond acceptors (Lipinski definition) is 7. The van der Waals surface area contributed by atoms with Crippen molar-refractivity contribution < 1.29 is 27.4 Å². The summed E-state index contributed by atoms with van der Waals surface area (Å²) in [4.78, 5) is 12.9. The van der Waals surface area contributed by atoms with E-state index in [9.17, 15) is 18.5 Å². The van der Waals surface area contributed by atoms with Crippen LogP contribution in [0.15, 0.2) is 29.2 Å². The molecule has 1 fully saturated rings. The van der Waals surface area contributed by atoms with E-state index in [0.717, 1.165) is 6.07 Å². The van der Waals surface area contributed by atoms with Gasteiger partial charge in [-0.3, -0.25) is 4.79 Å². The Morgan fingerprint density at radius 1 is 1.09 bits per heavy atom. The number of carbonyl (C=O) groups is 1. The van der Waals surface area contributed by atoms with Gasteiger partial charge in [0.15, 0.2) is 11.5 Å². The van der Waals surface area contributed by atoms with Crippen molar-refractivity contribution >= 4 is 44.8 Å². The molecule has 9 nitrogen and oxygen atoms in total. The van der Waals surface area contributed by atoms with Crippen LogP contribution in [-0.4, -0.2) is 58.1 Å². The van der Waals surface area contributed by atoms with Gasteiger partial charge in [-0.05, 0) is 26.0 Å². The summed E-state index contributed by atoms with van der Waals surface area (Å²) in [6, 6.07) is 7.28. The number of benzene rings is 2. The summed E-state index contributed by atoms with van der Waals surface area (Å²) in [6.07, 6.45) is 0. The molecule has 1 N–H and O–H groups in total. The molecule has 1 amide bonds. The summed E-state index contributed by atoms with van der Waals surface area (Å²) in [6.45, 7) is 5.13. The first-order chi connectivity index (χ1) is 16.2. The zero-order valence-electron chi connectivity index (χ0n) is 18.6. The highest BCUT2D eigenvalue weighted by Crippen LogP contribution is 2.35.